The van der Waals surface area contributed by atoms with Crippen LogP contribution >= 0.6 is 15.9 Å². The van der Waals surface area contributed by atoms with Crippen molar-refractivity contribution in [2.75, 3.05) is 7.11 Å². The molecule has 0 unspecified atom stereocenters. The number of benzene rings is 3. The summed E-state index contributed by atoms with van der Waals surface area (Å²) in [5, 5.41) is 6.01. The van der Waals surface area contributed by atoms with Gasteiger partial charge in [0.1, 0.15) is 5.75 Å². The Morgan fingerprint density at radius 3 is 2.46 bits per heavy atom. The zero-order valence-corrected chi connectivity index (χ0v) is 14.6. The Morgan fingerprint density at radius 1 is 1.08 bits per heavy atom. The molecule has 0 fully saturated rings. The lowest BCUT2D eigenvalue weighted by Crippen LogP contribution is -2.18. The van der Waals surface area contributed by atoms with Crippen molar-refractivity contribution < 1.29 is 9.53 Å². The van der Waals surface area contributed by atoms with Gasteiger partial charge in [0.15, 0.2) is 0 Å². The van der Waals surface area contributed by atoms with E-state index in [1.807, 2.05) is 54.6 Å². The molecule has 1 amide bonds. The standard InChI is InChI=1S/C19H15BrN2O2/c1-24-18-11-14-7-3-2-6-13(14)10-16(18)19(23)22-21-12-15-8-4-5-9-17(15)20/h2-12H,1H3,(H,22,23). The molecule has 0 bridgehead atoms. The van der Waals surface area contributed by atoms with E-state index < -0.39 is 0 Å². The molecule has 0 aliphatic heterocycles. The summed E-state index contributed by atoms with van der Waals surface area (Å²) in [6.45, 7) is 0. The molecule has 0 heterocycles. The molecule has 120 valence electrons. The van der Waals surface area contributed by atoms with E-state index in [0.29, 0.717) is 11.3 Å². The highest BCUT2D eigenvalue weighted by molar-refractivity contribution is 9.10. The van der Waals surface area contributed by atoms with Gasteiger partial charge in [-0.05, 0) is 29.0 Å². The van der Waals surface area contributed by atoms with E-state index in [2.05, 4.69) is 26.5 Å². The van der Waals surface area contributed by atoms with E-state index in [9.17, 15) is 4.79 Å². The van der Waals surface area contributed by atoms with Crippen LogP contribution in [0.25, 0.3) is 10.8 Å². The molecule has 3 rings (SSSR count). The largest absolute Gasteiger partial charge is 0.496 e. The molecule has 0 aliphatic rings. The molecule has 24 heavy (non-hydrogen) atoms. The summed E-state index contributed by atoms with van der Waals surface area (Å²) in [6, 6.07) is 19.1. The number of fused-ring (bicyclic) bond motifs is 1. The number of carbonyl (C=O) groups excluding carboxylic acids is 1. The fourth-order valence-electron chi connectivity index (χ4n) is 2.37. The van der Waals surface area contributed by atoms with Gasteiger partial charge in [-0.15, -0.1) is 0 Å². The van der Waals surface area contributed by atoms with Crippen molar-refractivity contribution in [3.63, 3.8) is 0 Å². The molecule has 0 saturated heterocycles. The average molecular weight is 383 g/mol. The molecule has 0 aliphatic carbocycles. The Morgan fingerprint density at radius 2 is 1.75 bits per heavy atom. The van der Waals surface area contributed by atoms with Crippen molar-refractivity contribution in [2.45, 2.75) is 0 Å². The van der Waals surface area contributed by atoms with Crippen LogP contribution in [0.2, 0.25) is 0 Å². The predicted molar refractivity (Wildman–Crippen MR) is 99.7 cm³/mol. The molecule has 3 aromatic carbocycles. The molecule has 0 radical (unpaired) electrons. The molecule has 5 heteroatoms. The molecule has 0 aromatic heterocycles. The fourth-order valence-corrected chi connectivity index (χ4v) is 2.75. The van der Waals surface area contributed by atoms with Crippen LogP contribution in [0.15, 0.2) is 70.2 Å². The molecular formula is C19H15BrN2O2. The topological polar surface area (TPSA) is 50.7 Å². The monoisotopic (exact) mass is 382 g/mol. The normalized spacial score (nSPS) is 10.9. The minimum absolute atomic E-state index is 0.319. The Balaban J connectivity index is 1.84. The first kappa shape index (κ1) is 16.2. The smallest absolute Gasteiger partial charge is 0.275 e. The third kappa shape index (κ3) is 3.46. The van der Waals surface area contributed by atoms with Crippen molar-refractivity contribution in [3.8, 4) is 5.75 Å². The molecule has 0 spiro atoms. The second-order valence-electron chi connectivity index (χ2n) is 5.12. The summed E-state index contributed by atoms with van der Waals surface area (Å²) >= 11 is 3.43. The first-order chi connectivity index (χ1) is 11.7. The summed E-state index contributed by atoms with van der Waals surface area (Å²) < 4.78 is 6.25. The van der Waals surface area contributed by atoms with Gasteiger partial charge in [-0.1, -0.05) is 58.4 Å². The third-order valence-corrected chi connectivity index (χ3v) is 4.31. The fraction of sp³-hybridized carbons (Fsp3) is 0.0526. The summed E-state index contributed by atoms with van der Waals surface area (Å²) in [4.78, 5) is 12.4. The maximum absolute atomic E-state index is 12.4. The van der Waals surface area contributed by atoms with Crippen molar-refractivity contribution in [1.82, 2.24) is 5.43 Å². The van der Waals surface area contributed by atoms with Crippen molar-refractivity contribution in [2.24, 2.45) is 5.10 Å². The Kier molecular flexibility index (Phi) is 4.91. The number of nitrogens with one attached hydrogen (secondary N) is 1. The zero-order valence-electron chi connectivity index (χ0n) is 13.0. The van der Waals surface area contributed by atoms with Crippen LogP contribution in [0.1, 0.15) is 15.9 Å². The molecule has 1 N–H and O–H groups in total. The van der Waals surface area contributed by atoms with Crippen LogP contribution in [0.4, 0.5) is 0 Å². The van der Waals surface area contributed by atoms with Crippen LogP contribution in [-0.4, -0.2) is 19.2 Å². The number of nitrogens with zero attached hydrogens (tertiary/aromatic N) is 1. The Bertz CT molecular complexity index is 922. The summed E-state index contributed by atoms with van der Waals surface area (Å²) in [5.74, 6) is 0.197. The van der Waals surface area contributed by atoms with E-state index in [1.165, 1.54) is 0 Å². The Hall–Kier alpha value is -2.66. The lowest BCUT2D eigenvalue weighted by atomic mass is 10.1. The van der Waals surface area contributed by atoms with Crippen LogP contribution in [0.5, 0.6) is 5.75 Å². The quantitative estimate of drug-likeness (QED) is 0.537. The van der Waals surface area contributed by atoms with Gasteiger partial charge >= 0.3 is 0 Å². The number of methoxy groups -OCH3 is 1. The molecule has 4 nitrogen and oxygen atoms in total. The molecule has 0 saturated carbocycles. The lowest BCUT2D eigenvalue weighted by molar-refractivity contribution is 0.0952. The number of rotatable bonds is 4. The van der Waals surface area contributed by atoms with E-state index in [0.717, 1.165) is 20.8 Å². The highest BCUT2D eigenvalue weighted by Crippen LogP contribution is 2.25. The SMILES string of the molecule is COc1cc2ccccc2cc1C(=O)NN=Cc1ccccc1Br. The van der Waals surface area contributed by atoms with Gasteiger partial charge in [-0.3, -0.25) is 4.79 Å². The van der Waals surface area contributed by atoms with Gasteiger partial charge in [-0.2, -0.15) is 5.10 Å². The number of ether oxygens (including phenoxy) is 1. The van der Waals surface area contributed by atoms with Gasteiger partial charge in [0.25, 0.3) is 5.91 Å². The molecule has 3 aromatic rings. The average Bonchev–Trinajstić information content (AvgIpc) is 2.62. The first-order valence-corrected chi connectivity index (χ1v) is 8.13. The second-order valence-corrected chi connectivity index (χ2v) is 5.97. The van der Waals surface area contributed by atoms with Gasteiger partial charge in [0.2, 0.25) is 0 Å². The van der Waals surface area contributed by atoms with E-state index in [-0.39, 0.29) is 5.91 Å². The van der Waals surface area contributed by atoms with E-state index in [1.54, 1.807) is 19.4 Å². The molecular weight excluding hydrogens is 368 g/mol. The van der Waals surface area contributed by atoms with Gasteiger partial charge in [0, 0.05) is 10.0 Å². The highest BCUT2D eigenvalue weighted by atomic mass is 79.9. The highest BCUT2D eigenvalue weighted by Gasteiger charge is 2.13. The van der Waals surface area contributed by atoms with Crippen molar-refractivity contribution >= 4 is 38.8 Å². The van der Waals surface area contributed by atoms with Crippen LogP contribution < -0.4 is 10.2 Å². The van der Waals surface area contributed by atoms with Crippen molar-refractivity contribution in [3.05, 3.63) is 76.3 Å². The predicted octanol–water partition coefficient (Wildman–Crippen LogP) is 4.37. The first-order valence-electron chi connectivity index (χ1n) is 7.34. The van der Waals surface area contributed by atoms with E-state index in [4.69, 9.17) is 4.74 Å². The number of hydrogen-bond donors (Lipinski definition) is 1. The number of halogens is 1. The van der Waals surface area contributed by atoms with Crippen LogP contribution in [-0.2, 0) is 0 Å². The van der Waals surface area contributed by atoms with Crippen LogP contribution in [0, 0.1) is 0 Å². The second kappa shape index (κ2) is 7.27. The number of amides is 1. The lowest BCUT2D eigenvalue weighted by Gasteiger charge is -2.09. The zero-order chi connectivity index (χ0) is 16.9. The summed E-state index contributed by atoms with van der Waals surface area (Å²) in [7, 11) is 1.55. The maximum Gasteiger partial charge on any atom is 0.275 e. The van der Waals surface area contributed by atoms with Gasteiger partial charge < -0.3 is 4.74 Å². The van der Waals surface area contributed by atoms with Gasteiger partial charge in [0.05, 0.1) is 18.9 Å². The number of carbonyl (C=O) groups is 1. The van der Waals surface area contributed by atoms with Gasteiger partial charge in [-0.25, -0.2) is 5.43 Å². The minimum Gasteiger partial charge on any atom is -0.496 e. The van der Waals surface area contributed by atoms with Crippen LogP contribution in [0.3, 0.4) is 0 Å². The number of hydrazone groups is 1. The van der Waals surface area contributed by atoms with Crippen molar-refractivity contribution in [1.29, 1.82) is 0 Å². The third-order valence-electron chi connectivity index (χ3n) is 3.59. The van der Waals surface area contributed by atoms with E-state index >= 15 is 0 Å². The maximum atomic E-state index is 12.4. The molecule has 0 atom stereocenters. The number of hydrogen-bond acceptors (Lipinski definition) is 3. The minimum atomic E-state index is -0.319. The summed E-state index contributed by atoms with van der Waals surface area (Å²) in [5.41, 5.74) is 3.87. The summed E-state index contributed by atoms with van der Waals surface area (Å²) in [6.07, 6.45) is 1.59. The Labute approximate surface area is 148 Å².